The van der Waals surface area contributed by atoms with Gasteiger partial charge in [0.2, 0.25) is 0 Å². The standard InChI is InChI=1S/C7H13F/c1-2-6-3-4-7(8)5-6/h6-7H,2-5H2,1H3/t6-,7+/m0/s1. The largest absolute Gasteiger partial charge is 0.247 e. The van der Waals surface area contributed by atoms with Gasteiger partial charge in [-0.15, -0.1) is 0 Å². The summed E-state index contributed by atoms with van der Waals surface area (Å²) in [5.74, 6) is 0.699. The van der Waals surface area contributed by atoms with Crippen LogP contribution in [0.5, 0.6) is 0 Å². The maximum absolute atomic E-state index is 12.4. The van der Waals surface area contributed by atoms with Gasteiger partial charge in [0.15, 0.2) is 0 Å². The molecule has 8 heavy (non-hydrogen) atoms. The van der Waals surface area contributed by atoms with Crippen molar-refractivity contribution in [3.8, 4) is 0 Å². The van der Waals surface area contributed by atoms with Gasteiger partial charge in [-0.2, -0.15) is 0 Å². The summed E-state index contributed by atoms with van der Waals surface area (Å²) in [7, 11) is 0. The highest BCUT2D eigenvalue weighted by Crippen LogP contribution is 2.29. The fourth-order valence-electron chi connectivity index (χ4n) is 1.38. The molecule has 1 heteroatoms. The Hall–Kier alpha value is -0.0700. The lowest BCUT2D eigenvalue weighted by Gasteiger charge is -2.00. The molecule has 0 heterocycles. The van der Waals surface area contributed by atoms with E-state index in [-0.39, 0.29) is 0 Å². The van der Waals surface area contributed by atoms with Gasteiger partial charge in [0.05, 0.1) is 0 Å². The van der Waals surface area contributed by atoms with Gasteiger partial charge in [0, 0.05) is 0 Å². The van der Waals surface area contributed by atoms with Crippen LogP contribution in [0, 0.1) is 5.92 Å². The molecule has 0 saturated heterocycles. The summed E-state index contributed by atoms with van der Waals surface area (Å²) in [6.07, 6.45) is 3.47. The van der Waals surface area contributed by atoms with Crippen molar-refractivity contribution in [2.75, 3.05) is 0 Å². The van der Waals surface area contributed by atoms with E-state index in [0.717, 1.165) is 19.3 Å². The second-order valence-corrected chi connectivity index (χ2v) is 2.68. The van der Waals surface area contributed by atoms with Crippen LogP contribution in [0.15, 0.2) is 0 Å². The molecular formula is C7H13F. The second kappa shape index (κ2) is 2.47. The molecule has 0 bridgehead atoms. The third-order valence-corrected chi connectivity index (χ3v) is 2.05. The predicted molar refractivity (Wildman–Crippen MR) is 32.5 cm³/mol. The molecule has 0 amide bonds. The SMILES string of the molecule is CC[C@H]1CC[C@@H](F)C1. The first kappa shape index (κ1) is 6.06. The zero-order valence-electron chi connectivity index (χ0n) is 5.36. The van der Waals surface area contributed by atoms with Crippen LogP contribution in [0.3, 0.4) is 0 Å². The Bertz CT molecular complexity index is 70.8. The van der Waals surface area contributed by atoms with Gasteiger partial charge in [0.1, 0.15) is 6.17 Å². The van der Waals surface area contributed by atoms with Gasteiger partial charge in [-0.1, -0.05) is 13.3 Å². The molecular weight excluding hydrogens is 103 g/mol. The maximum atomic E-state index is 12.4. The molecule has 0 aliphatic heterocycles. The summed E-state index contributed by atoms with van der Waals surface area (Å²) in [6.45, 7) is 2.14. The minimum absolute atomic E-state index is 0.472. The van der Waals surface area contributed by atoms with E-state index >= 15 is 0 Å². The first-order valence-corrected chi connectivity index (χ1v) is 3.47. The highest BCUT2D eigenvalue weighted by Gasteiger charge is 2.21. The summed E-state index contributed by atoms with van der Waals surface area (Å²) < 4.78 is 12.4. The van der Waals surface area contributed by atoms with Crippen molar-refractivity contribution in [2.24, 2.45) is 5.92 Å². The fraction of sp³-hybridized carbons (Fsp3) is 1.00. The Morgan fingerprint density at radius 3 is 2.50 bits per heavy atom. The molecule has 0 aromatic rings. The van der Waals surface area contributed by atoms with E-state index < -0.39 is 6.17 Å². The first-order valence-electron chi connectivity index (χ1n) is 3.47. The van der Waals surface area contributed by atoms with E-state index in [1.54, 1.807) is 0 Å². The first-order chi connectivity index (χ1) is 3.83. The molecule has 1 aliphatic rings. The zero-order chi connectivity index (χ0) is 5.98. The molecule has 0 aromatic heterocycles. The lowest BCUT2D eigenvalue weighted by Crippen LogP contribution is -1.92. The van der Waals surface area contributed by atoms with Crippen LogP contribution in [0.1, 0.15) is 32.6 Å². The zero-order valence-corrected chi connectivity index (χ0v) is 5.36. The molecule has 1 rings (SSSR count). The predicted octanol–water partition coefficient (Wildman–Crippen LogP) is 2.53. The van der Waals surface area contributed by atoms with Gasteiger partial charge in [-0.25, -0.2) is 4.39 Å². The normalized spacial score (nSPS) is 38.2. The molecule has 1 saturated carbocycles. The van der Waals surface area contributed by atoms with E-state index in [4.69, 9.17) is 0 Å². The third kappa shape index (κ3) is 1.21. The summed E-state index contributed by atoms with van der Waals surface area (Å²) in [4.78, 5) is 0. The van der Waals surface area contributed by atoms with Crippen LogP contribution in [0.4, 0.5) is 4.39 Å². The fourth-order valence-corrected chi connectivity index (χ4v) is 1.38. The van der Waals surface area contributed by atoms with Crippen molar-refractivity contribution in [3.05, 3.63) is 0 Å². The average Bonchev–Trinajstić information content (AvgIpc) is 2.14. The Morgan fingerprint density at radius 1 is 1.50 bits per heavy atom. The summed E-state index contributed by atoms with van der Waals surface area (Å²) in [6, 6.07) is 0. The summed E-state index contributed by atoms with van der Waals surface area (Å²) in [5, 5.41) is 0. The van der Waals surface area contributed by atoms with Crippen molar-refractivity contribution < 1.29 is 4.39 Å². The topological polar surface area (TPSA) is 0 Å². The van der Waals surface area contributed by atoms with Crippen molar-refractivity contribution in [1.29, 1.82) is 0 Å². The van der Waals surface area contributed by atoms with Gasteiger partial charge in [-0.3, -0.25) is 0 Å². The Kier molecular flexibility index (Phi) is 1.87. The van der Waals surface area contributed by atoms with Gasteiger partial charge >= 0.3 is 0 Å². The molecule has 48 valence electrons. The maximum Gasteiger partial charge on any atom is 0.100 e. The van der Waals surface area contributed by atoms with Gasteiger partial charge in [0.25, 0.3) is 0 Å². The Labute approximate surface area is 50.1 Å². The Morgan fingerprint density at radius 2 is 2.25 bits per heavy atom. The van der Waals surface area contributed by atoms with E-state index in [0.29, 0.717) is 5.92 Å². The second-order valence-electron chi connectivity index (χ2n) is 2.68. The summed E-state index contributed by atoms with van der Waals surface area (Å²) in [5.41, 5.74) is 0. The van der Waals surface area contributed by atoms with E-state index in [1.807, 2.05) is 0 Å². The van der Waals surface area contributed by atoms with Crippen LogP contribution < -0.4 is 0 Å². The minimum atomic E-state index is -0.472. The van der Waals surface area contributed by atoms with E-state index in [9.17, 15) is 4.39 Å². The van der Waals surface area contributed by atoms with Crippen LogP contribution in [0.25, 0.3) is 0 Å². The van der Waals surface area contributed by atoms with Gasteiger partial charge < -0.3 is 0 Å². The van der Waals surface area contributed by atoms with Crippen molar-refractivity contribution in [2.45, 2.75) is 38.8 Å². The average molecular weight is 116 g/mol. The highest BCUT2D eigenvalue weighted by atomic mass is 19.1. The van der Waals surface area contributed by atoms with Crippen molar-refractivity contribution >= 4 is 0 Å². The lowest BCUT2D eigenvalue weighted by atomic mass is 10.1. The molecule has 1 fully saturated rings. The molecule has 2 atom stereocenters. The van der Waals surface area contributed by atoms with Crippen LogP contribution >= 0.6 is 0 Å². The number of rotatable bonds is 1. The van der Waals surface area contributed by atoms with Crippen LogP contribution in [-0.2, 0) is 0 Å². The lowest BCUT2D eigenvalue weighted by molar-refractivity contribution is 0.329. The molecule has 1 aliphatic carbocycles. The van der Waals surface area contributed by atoms with E-state index in [2.05, 4.69) is 6.92 Å². The molecule has 0 N–H and O–H groups in total. The molecule has 0 radical (unpaired) electrons. The minimum Gasteiger partial charge on any atom is -0.247 e. The monoisotopic (exact) mass is 116 g/mol. The smallest absolute Gasteiger partial charge is 0.100 e. The summed E-state index contributed by atoms with van der Waals surface area (Å²) >= 11 is 0. The Balaban J connectivity index is 2.22. The van der Waals surface area contributed by atoms with Crippen molar-refractivity contribution in [3.63, 3.8) is 0 Å². The van der Waals surface area contributed by atoms with Crippen LogP contribution in [-0.4, -0.2) is 6.17 Å². The molecule has 0 aromatic carbocycles. The third-order valence-electron chi connectivity index (χ3n) is 2.05. The molecule has 0 spiro atoms. The molecule has 0 unspecified atom stereocenters. The van der Waals surface area contributed by atoms with Gasteiger partial charge in [-0.05, 0) is 25.2 Å². The highest BCUT2D eigenvalue weighted by molar-refractivity contribution is 4.73. The quantitative estimate of drug-likeness (QED) is 0.494. The number of alkyl halides is 1. The molecule has 0 nitrogen and oxygen atoms in total. The van der Waals surface area contributed by atoms with Crippen molar-refractivity contribution in [1.82, 2.24) is 0 Å². The van der Waals surface area contributed by atoms with E-state index in [1.165, 1.54) is 6.42 Å². The number of hydrogen-bond acceptors (Lipinski definition) is 0. The van der Waals surface area contributed by atoms with Crippen LogP contribution in [0.2, 0.25) is 0 Å². The number of halogens is 1. The number of hydrogen-bond donors (Lipinski definition) is 0.